The van der Waals surface area contributed by atoms with Crippen molar-refractivity contribution in [1.29, 1.82) is 5.26 Å². The third-order valence-electron chi connectivity index (χ3n) is 5.06. The van der Waals surface area contributed by atoms with Crippen LogP contribution in [0.2, 0.25) is 0 Å². The minimum atomic E-state index is -0.998. The Bertz CT molecular complexity index is 1120. The number of carboxylic acids is 1. The number of H-pyrrole nitrogens is 1. The van der Waals surface area contributed by atoms with Crippen molar-refractivity contribution in [3.05, 3.63) is 52.4 Å². The Kier molecular flexibility index (Phi) is 4.57. The summed E-state index contributed by atoms with van der Waals surface area (Å²) in [5, 5.41) is 26.3. The van der Waals surface area contributed by atoms with Crippen molar-refractivity contribution in [1.82, 2.24) is 14.8 Å². The summed E-state index contributed by atoms with van der Waals surface area (Å²) in [5.41, 5.74) is 1.30. The van der Waals surface area contributed by atoms with Crippen LogP contribution in [0.25, 0.3) is 10.9 Å². The van der Waals surface area contributed by atoms with Gasteiger partial charge < -0.3 is 15.4 Å². The monoisotopic (exact) mass is 377 g/mol. The fourth-order valence-electron chi connectivity index (χ4n) is 3.52. The van der Waals surface area contributed by atoms with Gasteiger partial charge in [0.25, 0.3) is 5.56 Å². The lowest BCUT2D eigenvalue weighted by Crippen LogP contribution is -2.13. The lowest BCUT2D eigenvalue weighted by atomic mass is 10.1. The maximum atomic E-state index is 12.5. The van der Waals surface area contributed by atoms with E-state index in [1.165, 1.54) is 12.1 Å². The predicted octanol–water partition coefficient (Wildman–Crippen LogP) is 3.42. The molecule has 1 aromatic carbocycles. The van der Waals surface area contributed by atoms with Crippen LogP contribution in [0.3, 0.4) is 0 Å². The summed E-state index contributed by atoms with van der Waals surface area (Å²) in [6.45, 7) is 0. The van der Waals surface area contributed by atoms with Gasteiger partial charge in [0.2, 0.25) is 0 Å². The van der Waals surface area contributed by atoms with Crippen LogP contribution in [-0.2, 0) is 0 Å². The molecule has 28 heavy (non-hydrogen) atoms. The molecule has 2 heterocycles. The van der Waals surface area contributed by atoms with Gasteiger partial charge in [-0.05, 0) is 55.5 Å². The second kappa shape index (κ2) is 7.19. The van der Waals surface area contributed by atoms with Gasteiger partial charge in [-0.2, -0.15) is 10.4 Å². The number of nitrogens with one attached hydrogen (secondary N) is 2. The van der Waals surface area contributed by atoms with Gasteiger partial charge in [0, 0.05) is 18.3 Å². The summed E-state index contributed by atoms with van der Waals surface area (Å²) < 4.78 is 1.87. The quantitative estimate of drug-likeness (QED) is 0.579. The van der Waals surface area contributed by atoms with Gasteiger partial charge in [0.1, 0.15) is 5.39 Å². The molecule has 1 saturated carbocycles. The van der Waals surface area contributed by atoms with Crippen LogP contribution in [0.15, 0.2) is 41.3 Å². The topological polar surface area (TPSA) is 124 Å². The van der Waals surface area contributed by atoms with E-state index in [9.17, 15) is 9.59 Å². The molecule has 0 radical (unpaired) electrons. The van der Waals surface area contributed by atoms with Gasteiger partial charge in [0.15, 0.2) is 5.82 Å². The van der Waals surface area contributed by atoms with Crippen molar-refractivity contribution in [2.45, 2.75) is 31.7 Å². The minimum Gasteiger partial charge on any atom is -0.478 e. The zero-order chi connectivity index (χ0) is 19.7. The number of hydrogen-bond acceptors (Lipinski definition) is 5. The second-order valence-electron chi connectivity index (χ2n) is 6.97. The molecule has 0 spiro atoms. The van der Waals surface area contributed by atoms with Gasteiger partial charge >= 0.3 is 5.97 Å². The van der Waals surface area contributed by atoms with Gasteiger partial charge in [-0.25, -0.2) is 4.79 Å². The first kappa shape index (κ1) is 17.8. The van der Waals surface area contributed by atoms with E-state index in [1.54, 1.807) is 18.3 Å². The lowest BCUT2D eigenvalue weighted by molar-refractivity contribution is 0.0697. The van der Waals surface area contributed by atoms with E-state index in [-0.39, 0.29) is 17.2 Å². The summed E-state index contributed by atoms with van der Waals surface area (Å²) in [4.78, 5) is 26.2. The zero-order valence-corrected chi connectivity index (χ0v) is 15.1. The summed E-state index contributed by atoms with van der Waals surface area (Å²) in [6.07, 6.45) is 4.92. The van der Waals surface area contributed by atoms with Crippen LogP contribution in [0, 0.1) is 17.2 Å². The minimum absolute atomic E-state index is 0.0777. The number of hydrogen-bond donors (Lipinski definition) is 3. The predicted molar refractivity (Wildman–Crippen MR) is 104 cm³/mol. The van der Waals surface area contributed by atoms with Crippen molar-refractivity contribution in [3.63, 3.8) is 0 Å². The summed E-state index contributed by atoms with van der Waals surface area (Å²) >= 11 is 0. The molecule has 1 aliphatic rings. The number of fused-ring (bicyclic) bond motifs is 1. The van der Waals surface area contributed by atoms with E-state index in [0.29, 0.717) is 35.7 Å². The molecule has 1 aliphatic carbocycles. The highest BCUT2D eigenvalue weighted by Crippen LogP contribution is 2.43. The molecule has 1 atom stereocenters. The molecular formula is C20H19N5O3. The molecule has 8 nitrogen and oxygen atoms in total. The number of carboxylic acid groups (broad SMARTS) is 1. The Labute approximate surface area is 160 Å². The number of rotatable bonds is 7. The molecule has 0 unspecified atom stereocenters. The van der Waals surface area contributed by atoms with Crippen molar-refractivity contribution in [3.8, 4) is 6.07 Å². The number of benzene rings is 1. The molecule has 8 heteroatoms. The molecule has 0 aliphatic heterocycles. The van der Waals surface area contributed by atoms with E-state index in [2.05, 4.69) is 21.5 Å². The summed E-state index contributed by atoms with van der Waals surface area (Å²) in [5.74, 6) is -0.108. The van der Waals surface area contributed by atoms with E-state index < -0.39 is 5.97 Å². The maximum absolute atomic E-state index is 12.5. The molecule has 142 valence electrons. The molecule has 2 aromatic heterocycles. The third-order valence-corrected chi connectivity index (χ3v) is 5.06. The number of aromatic amines is 1. The van der Waals surface area contributed by atoms with E-state index in [4.69, 9.17) is 10.4 Å². The van der Waals surface area contributed by atoms with Crippen LogP contribution in [-0.4, -0.2) is 25.8 Å². The van der Waals surface area contributed by atoms with Crippen LogP contribution in [0.4, 0.5) is 11.5 Å². The number of pyridine rings is 1. The first-order valence-corrected chi connectivity index (χ1v) is 9.15. The van der Waals surface area contributed by atoms with Crippen LogP contribution >= 0.6 is 0 Å². The zero-order valence-electron chi connectivity index (χ0n) is 15.1. The Morgan fingerprint density at radius 3 is 2.75 bits per heavy atom. The highest BCUT2D eigenvalue weighted by molar-refractivity contribution is 5.92. The van der Waals surface area contributed by atoms with Crippen molar-refractivity contribution < 1.29 is 9.90 Å². The van der Waals surface area contributed by atoms with Gasteiger partial charge in [-0.1, -0.05) is 0 Å². The average Bonchev–Trinajstić information content (AvgIpc) is 3.46. The van der Waals surface area contributed by atoms with Crippen LogP contribution in [0.5, 0.6) is 0 Å². The smallest absolute Gasteiger partial charge is 0.335 e. The number of aromatic carboxylic acids is 1. The standard InChI is InChI=1S/C20H19N5O3/c21-10-1-2-15(12-3-4-12)25-16-9-11-22-19(26)17(16)18(24-25)23-14-7-5-13(6-8-14)20(27)28/h5-9,11-12,15H,1-4H2,(H,22,26)(H,23,24)(H,27,28)/t15-/m0/s1. The molecule has 3 aromatic rings. The number of anilines is 2. The second-order valence-corrected chi connectivity index (χ2v) is 6.97. The lowest BCUT2D eigenvalue weighted by Gasteiger charge is -2.16. The first-order chi connectivity index (χ1) is 13.6. The largest absolute Gasteiger partial charge is 0.478 e. The Balaban J connectivity index is 1.75. The summed E-state index contributed by atoms with van der Waals surface area (Å²) in [6, 6.07) is 10.4. The van der Waals surface area contributed by atoms with Gasteiger partial charge in [0.05, 0.1) is 23.2 Å². The van der Waals surface area contributed by atoms with Gasteiger partial charge in [-0.3, -0.25) is 9.48 Å². The van der Waals surface area contributed by atoms with Crippen molar-refractivity contribution in [2.75, 3.05) is 5.32 Å². The Hall–Kier alpha value is -3.60. The van der Waals surface area contributed by atoms with Crippen LogP contribution in [0.1, 0.15) is 42.1 Å². The summed E-state index contributed by atoms with van der Waals surface area (Å²) in [7, 11) is 0. The SMILES string of the molecule is N#CCC[C@@H](C1CC1)n1nc(Nc2ccc(C(=O)O)cc2)c2c(=O)[nH]ccc21. The molecule has 1 fully saturated rings. The third kappa shape index (κ3) is 3.34. The molecule has 0 amide bonds. The molecule has 0 saturated heterocycles. The van der Waals surface area contributed by atoms with E-state index >= 15 is 0 Å². The van der Waals surface area contributed by atoms with Gasteiger partial charge in [-0.15, -0.1) is 0 Å². The van der Waals surface area contributed by atoms with E-state index in [1.807, 2.05) is 10.7 Å². The maximum Gasteiger partial charge on any atom is 0.335 e. The molecular weight excluding hydrogens is 358 g/mol. The fourth-order valence-corrected chi connectivity index (χ4v) is 3.52. The number of nitrogens with zero attached hydrogens (tertiary/aromatic N) is 3. The fraction of sp³-hybridized carbons (Fsp3) is 0.300. The normalized spacial score (nSPS) is 14.5. The number of carbonyl (C=O) groups is 1. The number of nitriles is 1. The van der Waals surface area contributed by atoms with E-state index in [0.717, 1.165) is 18.4 Å². The van der Waals surface area contributed by atoms with Crippen LogP contribution < -0.4 is 10.9 Å². The highest BCUT2D eigenvalue weighted by Gasteiger charge is 2.34. The molecule has 0 bridgehead atoms. The first-order valence-electron chi connectivity index (χ1n) is 9.15. The molecule has 3 N–H and O–H groups in total. The Morgan fingerprint density at radius 2 is 2.11 bits per heavy atom. The average molecular weight is 377 g/mol. The Morgan fingerprint density at radius 1 is 1.36 bits per heavy atom. The number of aromatic nitrogens is 3. The highest BCUT2D eigenvalue weighted by atomic mass is 16.4. The molecule has 4 rings (SSSR count). The van der Waals surface area contributed by atoms with Crippen molar-refractivity contribution >= 4 is 28.4 Å². The van der Waals surface area contributed by atoms with Crippen molar-refractivity contribution in [2.24, 2.45) is 5.92 Å².